The number of anilines is 2. The zero-order valence-corrected chi connectivity index (χ0v) is 17.7. The second-order valence-corrected chi connectivity index (χ2v) is 8.26. The lowest BCUT2D eigenvalue weighted by atomic mass is 10.0. The molecule has 0 spiro atoms. The molecule has 0 aliphatic carbocycles. The van der Waals surface area contributed by atoms with E-state index >= 15 is 0 Å². The van der Waals surface area contributed by atoms with Crippen molar-refractivity contribution in [3.8, 4) is 0 Å². The zero-order valence-electron chi connectivity index (χ0n) is 17.7. The van der Waals surface area contributed by atoms with E-state index in [9.17, 15) is 13.2 Å². The van der Waals surface area contributed by atoms with Gasteiger partial charge in [-0.1, -0.05) is 0 Å². The number of benzene rings is 1. The first-order valence-electron chi connectivity index (χ1n) is 10.7. The first-order valence-corrected chi connectivity index (χ1v) is 10.7. The van der Waals surface area contributed by atoms with Gasteiger partial charge in [0.15, 0.2) is 0 Å². The Morgan fingerprint density at radius 1 is 1.06 bits per heavy atom. The molecule has 0 amide bonds. The molecule has 2 aromatic rings. The summed E-state index contributed by atoms with van der Waals surface area (Å²) >= 11 is 0. The number of nitrogens with one attached hydrogen (secondary N) is 2. The van der Waals surface area contributed by atoms with E-state index in [-0.39, 0.29) is 6.04 Å². The summed E-state index contributed by atoms with van der Waals surface area (Å²) in [6.45, 7) is 6.46. The molecule has 1 atom stereocenters. The van der Waals surface area contributed by atoms with Crippen LogP contribution in [0.1, 0.15) is 18.1 Å². The van der Waals surface area contributed by atoms with Gasteiger partial charge in [-0.2, -0.15) is 13.2 Å². The second-order valence-electron chi connectivity index (χ2n) is 8.26. The second kappa shape index (κ2) is 8.05. The van der Waals surface area contributed by atoms with Crippen LogP contribution in [0.5, 0.6) is 0 Å². The van der Waals surface area contributed by atoms with Crippen molar-refractivity contribution < 1.29 is 13.2 Å². The Labute approximate surface area is 185 Å². The first-order chi connectivity index (χ1) is 15.4. The lowest BCUT2D eigenvalue weighted by molar-refractivity contribution is -0.137. The van der Waals surface area contributed by atoms with Gasteiger partial charge in [-0.15, -0.1) is 0 Å². The lowest BCUT2D eigenvalue weighted by Gasteiger charge is -2.38. The molecule has 9 heteroatoms. The monoisotopic (exact) mass is 442 g/mol. The zero-order chi connectivity index (χ0) is 22.3. The molecule has 3 aliphatic rings. The number of pyridine rings is 1. The average Bonchev–Trinajstić information content (AvgIpc) is 3.24. The number of fused-ring (bicyclic) bond motifs is 1. The number of rotatable bonds is 3. The fraction of sp³-hybridized carbons (Fsp3) is 0.348. The van der Waals surface area contributed by atoms with Gasteiger partial charge in [0, 0.05) is 62.6 Å². The summed E-state index contributed by atoms with van der Waals surface area (Å²) in [5.41, 5.74) is 6.51. The number of hydrazine groups is 1. The fourth-order valence-corrected chi connectivity index (χ4v) is 4.38. The van der Waals surface area contributed by atoms with Crippen molar-refractivity contribution in [2.24, 2.45) is 0 Å². The predicted octanol–water partition coefficient (Wildman–Crippen LogP) is 3.42. The molecule has 1 aromatic heterocycles. The van der Waals surface area contributed by atoms with E-state index in [1.807, 2.05) is 29.6 Å². The number of hydrogen-bond donors (Lipinski definition) is 2. The van der Waals surface area contributed by atoms with E-state index in [0.717, 1.165) is 66.7 Å². The van der Waals surface area contributed by atoms with Crippen molar-refractivity contribution in [1.29, 1.82) is 0 Å². The highest BCUT2D eigenvalue weighted by molar-refractivity contribution is 5.82. The van der Waals surface area contributed by atoms with Gasteiger partial charge in [0.2, 0.25) is 0 Å². The van der Waals surface area contributed by atoms with Crippen LogP contribution in [0.3, 0.4) is 0 Å². The SMILES string of the molecule is C[C@H]1CN(c2ccc(C(F)(F)F)cc2)C=C2C(c3ccnc(N4CCNCC4)c3)=CNN21. The van der Waals surface area contributed by atoms with Crippen LogP contribution in [0.15, 0.2) is 60.7 Å². The Kier molecular flexibility index (Phi) is 5.21. The van der Waals surface area contributed by atoms with Crippen LogP contribution >= 0.6 is 0 Å². The average molecular weight is 442 g/mol. The van der Waals surface area contributed by atoms with Crippen LogP contribution in [-0.4, -0.2) is 48.8 Å². The maximum atomic E-state index is 12.9. The normalized spacial score (nSPS) is 21.1. The van der Waals surface area contributed by atoms with Crippen molar-refractivity contribution in [1.82, 2.24) is 20.7 Å². The minimum atomic E-state index is -4.34. The largest absolute Gasteiger partial charge is 0.416 e. The molecular formula is C23H25F3N6. The van der Waals surface area contributed by atoms with Crippen molar-refractivity contribution in [3.05, 3.63) is 71.8 Å². The molecule has 2 N–H and O–H groups in total. The molecule has 1 fully saturated rings. The molecule has 32 heavy (non-hydrogen) atoms. The van der Waals surface area contributed by atoms with E-state index in [0.29, 0.717) is 6.54 Å². The molecule has 4 heterocycles. The van der Waals surface area contributed by atoms with Crippen LogP contribution in [-0.2, 0) is 6.18 Å². The molecule has 0 unspecified atom stereocenters. The Hall–Kier alpha value is -3.20. The third-order valence-electron chi connectivity index (χ3n) is 6.09. The van der Waals surface area contributed by atoms with Crippen LogP contribution in [0.4, 0.5) is 24.7 Å². The van der Waals surface area contributed by atoms with Gasteiger partial charge in [0.1, 0.15) is 5.82 Å². The standard InChI is InChI=1S/C23H25F3N6/c1-16-14-31(19-4-2-18(3-5-19)23(24,25)26)15-21-20(13-29-32(16)21)17-6-7-28-22(12-17)30-10-8-27-9-11-30/h2-7,12-13,15-16,27,29H,8-11,14H2,1H3/t16-/m0/s1. The topological polar surface area (TPSA) is 46.7 Å². The number of alkyl halides is 3. The summed E-state index contributed by atoms with van der Waals surface area (Å²) in [6.07, 6.45) is 1.48. The Morgan fingerprint density at radius 2 is 1.81 bits per heavy atom. The van der Waals surface area contributed by atoms with Crippen LogP contribution < -0.4 is 20.5 Å². The minimum absolute atomic E-state index is 0.125. The Bertz CT molecular complexity index is 1040. The van der Waals surface area contributed by atoms with Gasteiger partial charge in [-0.3, -0.25) is 5.01 Å². The number of hydrogen-bond acceptors (Lipinski definition) is 6. The Morgan fingerprint density at radius 3 is 2.53 bits per heavy atom. The highest BCUT2D eigenvalue weighted by Crippen LogP contribution is 2.36. The summed E-state index contributed by atoms with van der Waals surface area (Å²) in [5.74, 6) is 0.951. The third-order valence-corrected chi connectivity index (χ3v) is 6.09. The quantitative estimate of drug-likeness (QED) is 0.760. The van der Waals surface area contributed by atoms with Gasteiger partial charge in [-0.25, -0.2) is 4.98 Å². The molecule has 168 valence electrons. The number of nitrogens with zero attached hydrogens (tertiary/aromatic N) is 4. The minimum Gasteiger partial charge on any atom is -0.354 e. The van der Waals surface area contributed by atoms with E-state index in [2.05, 4.69) is 38.6 Å². The molecule has 1 aromatic carbocycles. The maximum absolute atomic E-state index is 12.9. The summed E-state index contributed by atoms with van der Waals surface area (Å²) in [7, 11) is 0. The number of piperazine rings is 1. The van der Waals surface area contributed by atoms with E-state index in [1.54, 1.807) is 0 Å². The van der Waals surface area contributed by atoms with Crippen molar-refractivity contribution >= 4 is 17.1 Å². The number of allylic oxidation sites excluding steroid dienone is 1. The molecule has 0 saturated carbocycles. The van der Waals surface area contributed by atoms with Gasteiger partial charge in [0.05, 0.1) is 17.3 Å². The van der Waals surface area contributed by atoms with Crippen molar-refractivity contribution in [2.75, 3.05) is 42.5 Å². The number of halogens is 3. The van der Waals surface area contributed by atoms with Crippen LogP contribution in [0.25, 0.3) is 5.57 Å². The van der Waals surface area contributed by atoms with E-state index in [4.69, 9.17) is 0 Å². The van der Waals surface area contributed by atoms with Crippen LogP contribution in [0.2, 0.25) is 0 Å². The molecule has 5 rings (SSSR count). The van der Waals surface area contributed by atoms with Crippen LogP contribution in [0, 0.1) is 0 Å². The smallest absolute Gasteiger partial charge is 0.354 e. The fourth-order valence-electron chi connectivity index (χ4n) is 4.38. The van der Waals surface area contributed by atoms with Crippen molar-refractivity contribution in [3.63, 3.8) is 0 Å². The molecule has 0 radical (unpaired) electrons. The van der Waals surface area contributed by atoms with E-state index in [1.165, 1.54) is 12.1 Å². The highest BCUT2D eigenvalue weighted by Gasteiger charge is 2.33. The summed E-state index contributed by atoms with van der Waals surface area (Å²) in [5, 5.41) is 5.45. The third kappa shape index (κ3) is 3.88. The Balaban J connectivity index is 1.43. The lowest BCUT2D eigenvalue weighted by Crippen LogP contribution is -2.47. The summed E-state index contributed by atoms with van der Waals surface area (Å²) in [6, 6.07) is 9.55. The van der Waals surface area contributed by atoms with Gasteiger partial charge in [-0.05, 0) is 48.9 Å². The van der Waals surface area contributed by atoms with Crippen molar-refractivity contribution in [2.45, 2.75) is 19.1 Å². The summed E-state index contributed by atoms with van der Waals surface area (Å²) < 4.78 is 38.8. The number of aromatic nitrogens is 1. The maximum Gasteiger partial charge on any atom is 0.416 e. The predicted molar refractivity (Wildman–Crippen MR) is 119 cm³/mol. The summed E-state index contributed by atoms with van der Waals surface area (Å²) in [4.78, 5) is 8.84. The van der Waals surface area contributed by atoms with Gasteiger partial charge >= 0.3 is 6.18 Å². The molecule has 3 aliphatic heterocycles. The molecule has 0 bridgehead atoms. The van der Waals surface area contributed by atoms with Gasteiger partial charge < -0.3 is 20.5 Å². The molecular weight excluding hydrogens is 417 g/mol. The highest BCUT2D eigenvalue weighted by atomic mass is 19.4. The van der Waals surface area contributed by atoms with Gasteiger partial charge in [0.25, 0.3) is 0 Å². The van der Waals surface area contributed by atoms with E-state index < -0.39 is 11.7 Å². The molecule has 6 nitrogen and oxygen atoms in total. The molecule has 1 saturated heterocycles. The first kappa shape index (κ1) is 20.7.